The second-order valence-electron chi connectivity index (χ2n) is 14.9. The minimum absolute atomic E-state index is 0.0416. The number of fused-ring (bicyclic) bond motifs is 4. The van der Waals surface area contributed by atoms with E-state index in [-0.39, 0.29) is 32.5 Å². The molecule has 1 aromatic rings. The molecule has 6 rings (SSSR count). The highest BCUT2D eigenvalue weighted by atomic mass is 32.2. The van der Waals surface area contributed by atoms with Crippen LogP contribution >= 0.6 is 0 Å². The molecule has 51 heavy (non-hydrogen) atoms. The van der Waals surface area contributed by atoms with E-state index in [0.717, 1.165) is 11.1 Å². The van der Waals surface area contributed by atoms with Gasteiger partial charge in [0, 0.05) is 25.4 Å². The maximum absolute atomic E-state index is 14.3. The van der Waals surface area contributed by atoms with Crippen molar-refractivity contribution in [2.24, 2.45) is 11.3 Å². The standard InChI is InChI=1S/C35H45N5O10S/c1-5-23-17-35(23,31(43)38-51(46,47)26-11-12-26)37-29(41)27-16-25-20-40(27)30(42)28(34(2,3)4)36-32(44)49-14-8-6-7-13-48-24-10-9-21-18-39(33(45)50-25)19-22(21)15-24/h5-7,9-10,15,23,25-28H,1,8,11-14,16-20H2,2-4H3,(H,36,44)(H,37,41)(H,38,43)/b7-6+/t23-,25+,27?,28+,35-/m0/s1. The van der Waals surface area contributed by atoms with Gasteiger partial charge in [-0.1, -0.05) is 45.1 Å². The Morgan fingerprint density at radius 2 is 1.82 bits per heavy atom. The Morgan fingerprint density at radius 3 is 2.51 bits per heavy atom. The molecule has 2 saturated carbocycles. The van der Waals surface area contributed by atoms with Gasteiger partial charge < -0.3 is 29.7 Å². The SMILES string of the molecule is C=C[C@H]1C[C@@]1(NC(=O)C1C[C@@H]2CN1C(=O)[C@H](C(C)(C)C)NC(=O)OCC/C=C/COc1ccc3c(c1)CN(C3)C(=O)O2)C(=O)NS(=O)(=O)C1CC1. The van der Waals surface area contributed by atoms with Crippen molar-refractivity contribution in [2.45, 2.75) is 94.9 Å². The molecule has 3 N–H and O–H groups in total. The number of hydrogen-bond acceptors (Lipinski definition) is 10. The zero-order valence-electron chi connectivity index (χ0n) is 29.0. The molecular formula is C35H45N5O10S. The zero-order valence-corrected chi connectivity index (χ0v) is 29.8. The van der Waals surface area contributed by atoms with Crippen LogP contribution in [0, 0.1) is 11.3 Å². The van der Waals surface area contributed by atoms with Crippen molar-refractivity contribution in [3.63, 3.8) is 0 Å². The molecule has 5 bridgehead atoms. The third-order valence-corrected chi connectivity index (χ3v) is 11.7. The van der Waals surface area contributed by atoms with E-state index in [9.17, 15) is 32.4 Å². The van der Waals surface area contributed by atoms with Crippen LogP contribution in [-0.2, 0) is 47.0 Å². The quantitative estimate of drug-likeness (QED) is 0.367. The summed E-state index contributed by atoms with van der Waals surface area (Å²) in [7, 11) is -3.91. The number of hydrogen-bond donors (Lipinski definition) is 3. The molecule has 3 fully saturated rings. The highest BCUT2D eigenvalue weighted by Gasteiger charge is 2.62. The molecule has 1 unspecified atom stereocenters. The number of carbonyl (C=O) groups excluding carboxylic acids is 5. The number of sulfonamides is 1. The van der Waals surface area contributed by atoms with E-state index < -0.39 is 80.2 Å². The van der Waals surface area contributed by atoms with E-state index >= 15 is 0 Å². The van der Waals surface area contributed by atoms with Gasteiger partial charge in [-0.3, -0.25) is 24.0 Å². The van der Waals surface area contributed by atoms with Gasteiger partial charge in [-0.15, -0.1) is 6.58 Å². The smallest absolute Gasteiger partial charge is 0.410 e. The summed E-state index contributed by atoms with van der Waals surface area (Å²) in [5, 5.41) is 4.72. The number of rotatable bonds is 6. The molecule has 1 aromatic carbocycles. The normalized spacial score (nSPS) is 29.1. The second kappa shape index (κ2) is 13.8. The highest BCUT2D eigenvalue weighted by molar-refractivity contribution is 7.91. The van der Waals surface area contributed by atoms with Gasteiger partial charge in [-0.05, 0) is 54.4 Å². The minimum atomic E-state index is -3.91. The fraction of sp³-hybridized carbons (Fsp3) is 0.571. The Hall–Kier alpha value is -4.60. The summed E-state index contributed by atoms with van der Waals surface area (Å²) in [5.41, 5.74) is -0.594. The van der Waals surface area contributed by atoms with Crippen molar-refractivity contribution in [3.8, 4) is 5.75 Å². The number of benzene rings is 1. The summed E-state index contributed by atoms with van der Waals surface area (Å²) in [6, 6.07) is 3.19. The fourth-order valence-electron chi connectivity index (χ4n) is 6.72. The van der Waals surface area contributed by atoms with Crippen LogP contribution in [0.3, 0.4) is 0 Å². The van der Waals surface area contributed by atoms with Crippen molar-refractivity contribution in [1.82, 2.24) is 25.2 Å². The number of carbonyl (C=O) groups is 5. The van der Waals surface area contributed by atoms with Crippen LogP contribution < -0.4 is 20.1 Å². The first-order valence-corrected chi connectivity index (χ1v) is 18.8. The first-order chi connectivity index (χ1) is 24.1. The molecule has 5 aliphatic rings. The number of alkyl carbamates (subject to hydrolysis) is 1. The topological polar surface area (TPSA) is 190 Å². The van der Waals surface area contributed by atoms with Crippen molar-refractivity contribution in [1.29, 1.82) is 0 Å². The van der Waals surface area contributed by atoms with Gasteiger partial charge in [0.15, 0.2) is 0 Å². The minimum Gasteiger partial charge on any atom is -0.490 e. The van der Waals surface area contributed by atoms with Crippen molar-refractivity contribution in [2.75, 3.05) is 19.8 Å². The second-order valence-corrected chi connectivity index (χ2v) is 16.8. The number of ether oxygens (including phenoxy) is 3. The lowest BCUT2D eigenvalue weighted by molar-refractivity contribution is -0.142. The number of nitrogens with one attached hydrogen (secondary N) is 3. The van der Waals surface area contributed by atoms with Crippen LogP contribution in [0.15, 0.2) is 43.0 Å². The highest BCUT2D eigenvalue weighted by Crippen LogP contribution is 2.45. The van der Waals surface area contributed by atoms with Crippen LogP contribution in [0.4, 0.5) is 9.59 Å². The van der Waals surface area contributed by atoms with Crippen LogP contribution in [0.5, 0.6) is 5.75 Å². The fourth-order valence-corrected chi connectivity index (χ4v) is 8.09. The van der Waals surface area contributed by atoms with Crippen LogP contribution in [0.1, 0.15) is 64.0 Å². The van der Waals surface area contributed by atoms with Crippen molar-refractivity contribution in [3.05, 3.63) is 54.1 Å². The number of amides is 5. The van der Waals surface area contributed by atoms with E-state index in [1.807, 2.05) is 24.3 Å². The Balaban J connectivity index is 1.26. The lowest BCUT2D eigenvalue weighted by Crippen LogP contribution is -2.60. The summed E-state index contributed by atoms with van der Waals surface area (Å²) in [6.07, 6.45) is 4.01. The largest absolute Gasteiger partial charge is 0.490 e. The molecule has 5 amide bonds. The third-order valence-electron chi connectivity index (χ3n) is 9.93. The van der Waals surface area contributed by atoms with Gasteiger partial charge in [0.25, 0.3) is 5.91 Å². The van der Waals surface area contributed by atoms with Crippen LogP contribution in [-0.4, -0.2) is 96.9 Å². The van der Waals surface area contributed by atoms with E-state index in [2.05, 4.69) is 21.9 Å². The average Bonchev–Trinajstić information content (AvgIpc) is 3.96. The van der Waals surface area contributed by atoms with Gasteiger partial charge in [-0.2, -0.15) is 0 Å². The van der Waals surface area contributed by atoms with Crippen molar-refractivity contribution < 1.29 is 46.6 Å². The molecule has 1 saturated heterocycles. The molecule has 0 spiro atoms. The number of nitrogens with zero attached hydrogens (tertiary/aromatic N) is 2. The number of cyclic esters (lactones) is 1. The zero-order chi connectivity index (χ0) is 36.7. The van der Waals surface area contributed by atoms with Gasteiger partial charge in [-0.25, -0.2) is 18.0 Å². The first-order valence-electron chi connectivity index (χ1n) is 17.2. The Kier molecular flexibility index (Phi) is 9.83. The lowest BCUT2D eigenvalue weighted by Gasteiger charge is -2.35. The maximum atomic E-state index is 14.3. The lowest BCUT2D eigenvalue weighted by atomic mass is 9.85. The van der Waals surface area contributed by atoms with E-state index in [1.165, 1.54) is 15.9 Å². The summed E-state index contributed by atoms with van der Waals surface area (Å²) in [5.74, 6) is -2.14. The average molecular weight is 728 g/mol. The molecule has 0 radical (unpaired) electrons. The van der Waals surface area contributed by atoms with E-state index in [4.69, 9.17) is 14.2 Å². The Bertz CT molecular complexity index is 1750. The van der Waals surface area contributed by atoms with Crippen molar-refractivity contribution >= 4 is 39.9 Å². The molecule has 3 aliphatic heterocycles. The predicted molar refractivity (Wildman–Crippen MR) is 182 cm³/mol. The predicted octanol–water partition coefficient (Wildman–Crippen LogP) is 2.26. The Labute approximate surface area is 297 Å². The van der Waals surface area contributed by atoms with Gasteiger partial charge >= 0.3 is 12.2 Å². The summed E-state index contributed by atoms with van der Waals surface area (Å²) < 4.78 is 44.5. The van der Waals surface area contributed by atoms with Crippen LogP contribution in [0.25, 0.3) is 0 Å². The molecule has 0 aromatic heterocycles. The molecule has 5 atom stereocenters. The molecule has 2 aliphatic carbocycles. The molecule has 15 nitrogen and oxygen atoms in total. The third kappa shape index (κ3) is 7.85. The molecule has 16 heteroatoms. The summed E-state index contributed by atoms with van der Waals surface area (Å²) in [4.78, 5) is 71.0. The van der Waals surface area contributed by atoms with E-state index in [1.54, 1.807) is 26.8 Å². The van der Waals surface area contributed by atoms with Crippen LogP contribution in [0.2, 0.25) is 0 Å². The Morgan fingerprint density at radius 1 is 1.08 bits per heavy atom. The first kappa shape index (κ1) is 36.2. The van der Waals surface area contributed by atoms with E-state index in [0.29, 0.717) is 38.2 Å². The molecular weight excluding hydrogens is 682 g/mol. The van der Waals surface area contributed by atoms with Gasteiger partial charge in [0.2, 0.25) is 21.8 Å². The van der Waals surface area contributed by atoms with Gasteiger partial charge in [0.05, 0.1) is 18.4 Å². The molecule has 3 heterocycles. The van der Waals surface area contributed by atoms with Gasteiger partial charge in [0.1, 0.15) is 36.1 Å². The summed E-state index contributed by atoms with van der Waals surface area (Å²) in [6.45, 7) is 9.72. The molecule has 276 valence electrons. The summed E-state index contributed by atoms with van der Waals surface area (Å²) >= 11 is 0. The maximum Gasteiger partial charge on any atom is 0.410 e. The monoisotopic (exact) mass is 727 g/mol.